The fourth-order valence-corrected chi connectivity index (χ4v) is 4.62. The van der Waals surface area contributed by atoms with E-state index < -0.39 is 10.0 Å². The van der Waals surface area contributed by atoms with Gasteiger partial charge in [-0.15, -0.1) is 0 Å². The zero-order valence-corrected chi connectivity index (χ0v) is 14.2. The smallest absolute Gasteiger partial charge is 0.243 e. The number of aryl methyl sites for hydroxylation is 1. The maximum atomic E-state index is 12.8. The molecule has 116 valence electrons. The number of thiocarbonyl (C=S) groups is 1. The average molecular weight is 327 g/mol. The average Bonchev–Trinajstić information content (AvgIpc) is 2.37. The number of nitrogens with two attached hydrogens (primary N) is 1. The Balaban J connectivity index is 2.36. The third-order valence-corrected chi connectivity index (χ3v) is 6.07. The zero-order valence-electron chi connectivity index (χ0n) is 12.5. The number of hydrogen-bond donors (Lipinski definition) is 1. The number of nitrogens with zero attached hydrogens (tertiary/aromatic N) is 2. The summed E-state index contributed by atoms with van der Waals surface area (Å²) in [4.78, 5) is 2.72. The maximum Gasteiger partial charge on any atom is 0.243 e. The molecular weight excluding hydrogens is 306 g/mol. The Hall–Kier alpha value is -1.02. The van der Waals surface area contributed by atoms with Crippen molar-refractivity contribution in [1.82, 2.24) is 9.21 Å². The van der Waals surface area contributed by atoms with E-state index in [4.69, 9.17) is 18.0 Å². The molecule has 1 aliphatic rings. The Morgan fingerprint density at radius 2 is 2.05 bits per heavy atom. The van der Waals surface area contributed by atoms with Gasteiger partial charge in [-0.25, -0.2) is 8.42 Å². The molecule has 1 aromatic carbocycles. The summed E-state index contributed by atoms with van der Waals surface area (Å²) in [6.45, 7) is 5.75. The molecule has 7 heteroatoms. The minimum atomic E-state index is -3.48. The van der Waals surface area contributed by atoms with Gasteiger partial charge in [-0.1, -0.05) is 18.3 Å². The maximum absolute atomic E-state index is 12.8. The molecule has 1 heterocycles. The van der Waals surface area contributed by atoms with Crippen LogP contribution in [-0.2, 0) is 10.0 Å². The van der Waals surface area contributed by atoms with Gasteiger partial charge in [-0.2, -0.15) is 4.31 Å². The minimum absolute atomic E-state index is 0.0377. The van der Waals surface area contributed by atoms with Crippen molar-refractivity contribution in [2.24, 2.45) is 5.73 Å². The zero-order chi connectivity index (χ0) is 15.8. The van der Waals surface area contributed by atoms with Crippen molar-refractivity contribution in [2.45, 2.75) is 24.8 Å². The van der Waals surface area contributed by atoms with E-state index in [1.807, 2.05) is 20.9 Å². The van der Waals surface area contributed by atoms with Gasteiger partial charge in [0.15, 0.2) is 0 Å². The van der Waals surface area contributed by atoms with Crippen LogP contribution in [0.2, 0.25) is 0 Å². The molecule has 1 atom stereocenters. The molecule has 0 saturated carbocycles. The number of sulfonamides is 1. The van der Waals surface area contributed by atoms with Crippen LogP contribution in [0.1, 0.15) is 18.1 Å². The molecule has 2 rings (SSSR count). The summed E-state index contributed by atoms with van der Waals surface area (Å²) in [5.41, 5.74) is 7.12. The van der Waals surface area contributed by atoms with E-state index in [0.717, 1.165) is 24.2 Å². The quantitative estimate of drug-likeness (QED) is 0.838. The number of rotatable bonds is 3. The van der Waals surface area contributed by atoms with Gasteiger partial charge >= 0.3 is 0 Å². The van der Waals surface area contributed by atoms with Crippen LogP contribution < -0.4 is 5.73 Å². The molecule has 5 nitrogen and oxygen atoms in total. The first-order valence-corrected chi connectivity index (χ1v) is 8.69. The van der Waals surface area contributed by atoms with Crippen LogP contribution in [0.3, 0.4) is 0 Å². The Morgan fingerprint density at radius 1 is 1.38 bits per heavy atom. The predicted molar refractivity (Wildman–Crippen MR) is 87.9 cm³/mol. The largest absolute Gasteiger partial charge is 0.389 e. The molecule has 1 fully saturated rings. The second-order valence-electron chi connectivity index (χ2n) is 5.57. The van der Waals surface area contributed by atoms with Crippen LogP contribution in [0, 0.1) is 6.92 Å². The summed E-state index contributed by atoms with van der Waals surface area (Å²) < 4.78 is 27.1. The molecule has 1 saturated heterocycles. The van der Waals surface area contributed by atoms with E-state index in [0.29, 0.717) is 11.4 Å². The molecule has 1 aliphatic heterocycles. The second-order valence-corrected chi connectivity index (χ2v) is 7.90. The van der Waals surface area contributed by atoms with Crippen molar-refractivity contribution < 1.29 is 8.42 Å². The first kappa shape index (κ1) is 16.4. The van der Waals surface area contributed by atoms with Crippen molar-refractivity contribution in [3.05, 3.63) is 29.3 Å². The van der Waals surface area contributed by atoms with Gasteiger partial charge < -0.3 is 10.6 Å². The fourth-order valence-electron chi connectivity index (χ4n) is 2.69. The van der Waals surface area contributed by atoms with Gasteiger partial charge in [0, 0.05) is 31.2 Å². The standard InChI is InChI=1S/C14H21N3O2S2/c1-10-8-12(4-5-13(10)14(15)20)21(18,19)17-7-6-16(3)9-11(17)2/h4-5,8,11H,6-7,9H2,1-3H3,(H2,15,20). The van der Waals surface area contributed by atoms with Crippen molar-refractivity contribution in [1.29, 1.82) is 0 Å². The van der Waals surface area contributed by atoms with Gasteiger partial charge in [0.2, 0.25) is 10.0 Å². The summed E-state index contributed by atoms with van der Waals surface area (Å²) >= 11 is 4.96. The molecule has 1 unspecified atom stereocenters. The Bertz CT molecular complexity index is 658. The molecule has 0 spiro atoms. The van der Waals surface area contributed by atoms with Crippen LogP contribution in [0.25, 0.3) is 0 Å². The van der Waals surface area contributed by atoms with E-state index in [9.17, 15) is 8.42 Å². The lowest BCUT2D eigenvalue weighted by molar-refractivity contribution is 0.170. The first-order valence-electron chi connectivity index (χ1n) is 6.84. The van der Waals surface area contributed by atoms with E-state index in [2.05, 4.69) is 4.90 Å². The molecule has 0 amide bonds. The highest BCUT2D eigenvalue weighted by molar-refractivity contribution is 7.89. The van der Waals surface area contributed by atoms with Crippen molar-refractivity contribution in [3.8, 4) is 0 Å². The second kappa shape index (κ2) is 6.00. The van der Waals surface area contributed by atoms with Crippen LogP contribution in [0.15, 0.2) is 23.1 Å². The molecule has 0 aromatic heterocycles. The summed E-state index contributed by atoms with van der Waals surface area (Å²) in [6.07, 6.45) is 0. The molecule has 0 aliphatic carbocycles. The third kappa shape index (κ3) is 3.26. The van der Waals surface area contributed by atoms with Crippen LogP contribution in [0.5, 0.6) is 0 Å². The first-order chi connectivity index (χ1) is 9.73. The Kier molecular flexibility index (Phi) is 4.67. The normalized spacial score (nSPS) is 21.4. The number of piperazine rings is 1. The van der Waals surface area contributed by atoms with Crippen molar-refractivity contribution in [2.75, 3.05) is 26.7 Å². The summed E-state index contributed by atoms with van der Waals surface area (Å²) in [6, 6.07) is 4.88. The predicted octanol–water partition coefficient (Wildman–Crippen LogP) is 0.954. The fraction of sp³-hybridized carbons (Fsp3) is 0.500. The van der Waals surface area contributed by atoms with Crippen LogP contribution in [0.4, 0.5) is 0 Å². The molecule has 0 radical (unpaired) electrons. The van der Waals surface area contributed by atoms with E-state index >= 15 is 0 Å². The highest BCUT2D eigenvalue weighted by atomic mass is 32.2. The lowest BCUT2D eigenvalue weighted by Gasteiger charge is -2.37. The third-order valence-electron chi connectivity index (χ3n) is 3.84. The Labute approximate surface area is 131 Å². The lowest BCUT2D eigenvalue weighted by atomic mass is 10.1. The van der Waals surface area contributed by atoms with E-state index in [1.165, 1.54) is 0 Å². The van der Waals surface area contributed by atoms with Gasteiger partial charge in [-0.3, -0.25) is 0 Å². The molecule has 1 aromatic rings. The summed E-state index contributed by atoms with van der Waals surface area (Å²) in [5, 5.41) is 0. The molecule has 2 N–H and O–H groups in total. The van der Waals surface area contributed by atoms with Crippen LogP contribution >= 0.6 is 12.2 Å². The molecule has 0 bridgehead atoms. The number of benzene rings is 1. The van der Waals surface area contributed by atoms with Gasteiger partial charge in [0.05, 0.1) is 4.90 Å². The van der Waals surface area contributed by atoms with Crippen LogP contribution in [-0.4, -0.2) is 55.3 Å². The SMILES string of the molecule is Cc1cc(S(=O)(=O)N2CCN(C)CC2C)ccc1C(N)=S. The Morgan fingerprint density at radius 3 is 2.57 bits per heavy atom. The molecular formula is C14H21N3O2S2. The van der Waals surface area contributed by atoms with E-state index in [-0.39, 0.29) is 11.0 Å². The monoisotopic (exact) mass is 327 g/mol. The number of hydrogen-bond acceptors (Lipinski definition) is 4. The van der Waals surface area contributed by atoms with Crippen molar-refractivity contribution >= 4 is 27.2 Å². The summed E-state index contributed by atoms with van der Waals surface area (Å²) in [5.74, 6) is 0. The highest BCUT2D eigenvalue weighted by Crippen LogP contribution is 2.23. The highest BCUT2D eigenvalue weighted by Gasteiger charge is 2.32. The van der Waals surface area contributed by atoms with E-state index in [1.54, 1.807) is 22.5 Å². The molecule has 21 heavy (non-hydrogen) atoms. The topological polar surface area (TPSA) is 66.6 Å². The summed E-state index contributed by atoms with van der Waals surface area (Å²) in [7, 11) is -1.48. The van der Waals surface area contributed by atoms with Crippen molar-refractivity contribution in [3.63, 3.8) is 0 Å². The lowest BCUT2D eigenvalue weighted by Crippen LogP contribution is -2.52. The minimum Gasteiger partial charge on any atom is -0.389 e. The van der Waals surface area contributed by atoms with Gasteiger partial charge in [0.1, 0.15) is 4.99 Å². The van der Waals surface area contributed by atoms with Gasteiger partial charge in [0.25, 0.3) is 0 Å². The number of likely N-dealkylation sites (N-methyl/N-ethyl adjacent to an activating group) is 1. The van der Waals surface area contributed by atoms with Gasteiger partial charge in [-0.05, 0) is 38.6 Å².